The Balaban J connectivity index is 2.09. The Labute approximate surface area is 127 Å². The number of piperidine rings is 1. The highest BCUT2D eigenvalue weighted by molar-refractivity contribution is 5.99. The van der Waals surface area contributed by atoms with Crippen LogP contribution in [-0.4, -0.2) is 35.4 Å². The molecule has 2 rings (SSSR count). The Morgan fingerprint density at radius 1 is 1.29 bits per heavy atom. The van der Waals surface area contributed by atoms with Crippen molar-refractivity contribution in [1.29, 1.82) is 0 Å². The molecule has 1 fully saturated rings. The number of nitrogens with one attached hydrogen (secondary N) is 1. The van der Waals surface area contributed by atoms with Crippen molar-refractivity contribution in [3.63, 3.8) is 0 Å². The van der Waals surface area contributed by atoms with Crippen LogP contribution in [0.5, 0.6) is 0 Å². The van der Waals surface area contributed by atoms with E-state index in [4.69, 9.17) is 0 Å². The molecule has 0 aromatic carbocycles. The molecule has 0 atom stereocenters. The molecule has 0 saturated carbocycles. The predicted octanol–water partition coefficient (Wildman–Crippen LogP) is 3.56. The molecule has 0 aliphatic carbocycles. The lowest BCUT2D eigenvalue weighted by molar-refractivity contribution is 0.0558. The van der Waals surface area contributed by atoms with Crippen molar-refractivity contribution < 1.29 is 4.79 Å². The molecule has 1 N–H and O–H groups in total. The number of hydrogen-bond donors (Lipinski definition) is 1. The molecular formula is C17H27N3O. The van der Waals surface area contributed by atoms with Gasteiger partial charge >= 0.3 is 0 Å². The molecule has 1 aliphatic heterocycles. The topological polar surface area (TPSA) is 45.2 Å². The molecule has 4 heteroatoms. The Morgan fingerprint density at radius 2 is 1.95 bits per heavy atom. The third kappa shape index (κ3) is 3.36. The molecule has 1 amide bonds. The maximum Gasteiger partial charge on any atom is 0.256 e. The van der Waals surface area contributed by atoms with Gasteiger partial charge in [-0.1, -0.05) is 26.7 Å². The number of nitrogens with zero attached hydrogens (tertiary/aromatic N) is 2. The first-order valence-electron chi connectivity index (χ1n) is 8.13. The fourth-order valence-corrected chi connectivity index (χ4v) is 3.22. The van der Waals surface area contributed by atoms with Crippen LogP contribution in [0.4, 0.5) is 5.69 Å². The van der Waals surface area contributed by atoms with Crippen molar-refractivity contribution >= 4 is 11.6 Å². The number of hydrogen-bond acceptors (Lipinski definition) is 3. The van der Waals surface area contributed by atoms with Crippen LogP contribution in [-0.2, 0) is 0 Å². The zero-order chi connectivity index (χ0) is 15.3. The Kier molecular flexibility index (Phi) is 5.21. The lowest BCUT2D eigenvalue weighted by Gasteiger charge is -2.41. The van der Waals surface area contributed by atoms with Gasteiger partial charge in [-0.25, -0.2) is 0 Å². The SMILES string of the molecule is CCNc1cnccc1C(=O)N1CCC(CC)(CC)CC1. The van der Waals surface area contributed by atoms with Gasteiger partial charge in [0.05, 0.1) is 17.4 Å². The molecule has 0 unspecified atom stereocenters. The second-order valence-electron chi connectivity index (χ2n) is 5.95. The summed E-state index contributed by atoms with van der Waals surface area (Å²) in [7, 11) is 0. The molecule has 116 valence electrons. The van der Waals surface area contributed by atoms with Crippen LogP contribution < -0.4 is 5.32 Å². The van der Waals surface area contributed by atoms with Gasteiger partial charge in [0.25, 0.3) is 5.91 Å². The van der Waals surface area contributed by atoms with Crippen molar-refractivity contribution in [2.24, 2.45) is 5.41 Å². The van der Waals surface area contributed by atoms with Gasteiger partial charge in [-0.3, -0.25) is 9.78 Å². The molecule has 1 aromatic heterocycles. The van der Waals surface area contributed by atoms with Crippen molar-refractivity contribution in [3.8, 4) is 0 Å². The number of carbonyl (C=O) groups excluding carboxylic acids is 1. The minimum atomic E-state index is 0.133. The summed E-state index contributed by atoms with van der Waals surface area (Å²) in [6.07, 6.45) is 8.09. The van der Waals surface area contributed by atoms with E-state index < -0.39 is 0 Å². The summed E-state index contributed by atoms with van der Waals surface area (Å²) in [5.74, 6) is 0.133. The van der Waals surface area contributed by atoms with E-state index in [0.29, 0.717) is 5.41 Å². The van der Waals surface area contributed by atoms with Gasteiger partial charge < -0.3 is 10.2 Å². The van der Waals surface area contributed by atoms with Crippen molar-refractivity contribution in [1.82, 2.24) is 9.88 Å². The fraction of sp³-hybridized carbons (Fsp3) is 0.647. The first-order chi connectivity index (χ1) is 10.2. The zero-order valence-corrected chi connectivity index (χ0v) is 13.5. The highest BCUT2D eigenvalue weighted by Gasteiger charge is 2.33. The van der Waals surface area contributed by atoms with E-state index in [2.05, 4.69) is 24.1 Å². The van der Waals surface area contributed by atoms with Crippen LogP contribution in [0.3, 0.4) is 0 Å². The summed E-state index contributed by atoms with van der Waals surface area (Å²) in [6.45, 7) is 9.10. The second kappa shape index (κ2) is 6.92. The van der Waals surface area contributed by atoms with Gasteiger partial charge in [0.2, 0.25) is 0 Å². The standard InChI is InChI=1S/C17H27N3O/c1-4-17(5-2)8-11-20(12-9-17)16(21)14-7-10-18-13-15(14)19-6-3/h7,10,13,19H,4-6,8-9,11-12H2,1-3H3. The smallest absolute Gasteiger partial charge is 0.256 e. The molecular weight excluding hydrogens is 262 g/mol. The maximum absolute atomic E-state index is 12.7. The molecule has 4 nitrogen and oxygen atoms in total. The first kappa shape index (κ1) is 15.8. The van der Waals surface area contributed by atoms with E-state index in [0.717, 1.165) is 43.7 Å². The molecule has 1 aliphatic rings. The lowest BCUT2D eigenvalue weighted by Crippen LogP contribution is -2.43. The van der Waals surface area contributed by atoms with Crippen molar-refractivity contribution in [2.45, 2.75) is 46.5 Å². The third-order valence-electron chi connectivity index (χ3n) is 5.03. The molecule has 0 radical (unpaired) electrons. The number of rotatable bonds is 5. The van der Waals surface area contributed by atoms with E-state index >= 15 is 0 Å². The Hall–Kier alpha value is -1.58. The number of amides is 1. The van der Waals surface area contributed by atoms with Crippen molar-refractivity contribution in [3.05, 3.63) is 24.0 Å². The van der Waals surface area contributed by atoms with Gasteiger partial charge in [-0.05, 0) is 31.2 Å². The average molecular weight is 289 g/mol. The number of pyridine rings is 1. The summed E-state index contributed by atoms with van der Waals surface area (Å²) in [4.78, 5) is 18.8. The number of carbonyl (C=O) groups is 1. The normalized spacial score (nSPS) is 17.6. The van der Waals surface area contributed by atoms with Gasteiger partial charge in [-0.15, -0.1) is 0 Å². The Bertz CT molecular complexity index is 473. The van der Waals surface area contributed by atoms with Gasteiger partial charge in [0.1, 0.15) is 0 Å². The van der Waals surface area contributed by atoms with Crippen LogP contribution in [0.25, 0.3) is 0 Å². The van der Waals surface area contributed by atoms with E-state index in [-0.39, 0.29) is 5.91 Å². The summed E-state index contributed by atoms with van der Waals surface area (Å²) >= 11 is 0. The van der Waals surface area contributed by atoms with Crippen LogP contribution in [0, 0.1) is 5.41 Å². The highest BCUT2D eigenvalue weighted by atomic mass is 16.2. The second-order valence-corrected chi connectivity index (χ2v) is 5.95. The summed E-state index contributed by atoms with van der Waals surface area (Å²) in [5, 5.41) is 3.22. The first-order valence-corrected chi connectivity index (χ1v) is 8.13. The minimum Gasteiger partial charge on any atom is -0.383 e. The van der Waals surface area contributed by atoms with Crippen molar-refractivity contribution in [2.75, 3.05) is 25.0 Å². The van der Waals surface area contributed by atoms with Crippen LogP contribution in [0.15, 0.2) is 18.5 Å². The number of likely N-dealkylation sites (tertiary alicyclic amines) is 1. The van der Waals surface area contributed by atoms with E-state index in [1.807, 2.05) is 17.9 Å². The molecule has 0 bridgehead atoms. The lowest BCUT2D eigenvalue weighted by atomic mass is 9.74. The van der Waals surface area contributed by atoms with Gasteiger partial charge in [0.15, 0.2) is 0 Å². The number of aromatic nitrogens is 1. The fourth-order valence-electron chi connectivity index (χ4n) is 3.22. The van der Waals surface area contributed by atoms with E-state index in [9.17, 15) is 4.79 Å². The summed E-state index contributed by atoms with van der Waals surface area (Å²) in [6, 6.07) is 1.82. The predicted molar refractivity (Wildman–Crippen MR) is 86.6 cm³/mol. The quantitative estimate of drug-likeness (QED) is 0.901. The summed E-state index contributed by atoms with van der Waals surface area (Å²) < 4.78 is 0. The zero-order valence-electron chi connectivity index (χ0n) is 13.5. The molecule has 2 heterocycles. The molecule has 0 spiro atoms. The largest absolute Gasteiger partial charge is 0.383 e. The highest BCUT2D eigenvalue weighted by Crippen LogP contribution is 2.38. The summed E-state index contributed by atoms with van der Waals surface area (Å²) in [5.41, 5.74) is 2.03. The van der Waals surface area contributed by atoms with E-state index in [1.54, 1.807) is 12.4 Å². The van der Waals surface area contributed by atoms with Crippen LogP contribution in [0.2, 0.25) is 0 Å². The minimum absolute atomic E-state index is 0.133. The van der Waals surface area contributed by atoms with Crippen LogP contribution >= 0.6 is 0 Å². The average Bonchev–Trinajstić information content (AvgIpc) is 2.55. The monoisotopic (exact) mass is 289 g/mol. The number of anilines is 1. The van der Waals surface area contributed by atoms with Gasteiger partial charge in [0, 0.05) is 25.8 Å². The van der Waals surface area contributed by atoms with Crippen LogP contribution in [0.1, 0.15) is 56.8 Å². The molecule has 1 saturated heterocycles. The molecule has 1 aromatic rings. The molecule has 21 heavy (non-hydrogen) atoms. The van der Waals surface area contributed by atoms with Gasteiger partial charge in [-0.2, -0.15) is 0 Å². The maximum atomic E-state index is 12.7. The third-order valence-corrected chi connectivity index (χ3v) is 5.03. The van der Waals surface area contributed by atoms with E-state index in [1.165, 1.54) is 12.8 Å². The Morgan fingerprint density at radius 3 is 2.52 bits per heavy atom.